The minimum absolute atomic E-state index is 0.313. The molecule has 5 heteroatoms. The SMILES string of the molecule is CCOC(=O)C(C)(N)CN1CCN(C)C(C)C1. The molecule has 2 N–H and O–H groups in total. The lowest BCUT2D eigenvalue weighted by molar-refractivity contribution is -0.150. The summed E-state index contributed by atoms with van der Waals surface area (Å²) in [6.07, 6.45) is 0. The topological polar surface area (TPSA) is 58.8 Å². The van der Waals surface area contributed by atoms with Gasteiger partial charge in [0, 0.05) is 32.2 Å². The molecule has 2 unspecified atom stereocenters. The Morgan fingerprint density at radius 2 is 2.18 bits per heavy atom. The molecule has 0 radical (unpaired) electrons. The van der Waals surface area contributed by atoms with Crippen LogP contribution in [-0.4, -0.2) is 67.2 Å². The molecule has 100 valence electrons. The molecule has 0 bridgehead atoms. The van der Waals surface area contributed by atoms with Gasteiger partial charge in [-0.05, 0) is 27.8 Å². The highest BCUT2D eigenvalue weighted by molar-refractivity contribution is 5.80. The van der Waals surface area contributed by atoms with Gasteiger partial charge in [-0.2, -0.15) is 0 Å². The van der Waals surface area contributed by atoms with Gasteiger partial charge in [0.25, 0.3) is 0 Å². The molecule has 5 nitrogen and oxygen atoms in total. The highest BCUT2D eigenvalue weighted by Gasteiger charge is 2.34. The summed E-state index contributed by atoms with van der Waals surface area (Å²) in [5.74, 6) is -0.313. The van der Waals surface area contributed by atoms with E-state index >= 15 is 0 Å². The van der Waals surface area contributed by atoms with Gasteiger partial charge >= 0.3 is 5.97 Å². The van der Waals surface area contributed by atoms with E-state index in [2.05, 4.69) is 23.8 Å². The molecule has 0 saturated carbocycles. The zero-order valence-corrected chi connectivity index (χ0v) is 11.4. The minimum atomic E-state index is -0.911. The van der Waals surface area contributed by atoms with Crippen LogP contribution in [0.2, 0.25) is 0 Å². The Labute approximate surface area is 104 Å². The van der Waals surface area contributed by atoms with Crippen molar-refractivity contribution in [3.8, 4) is 0 Å². The molecule has 1 aliphatic heterocycles. The Hall–Kier alpha value is -0.650. The van der Waals surface area contributed by atoms with Crippen LogP contribution in [0.1, 0.15) is 20.8 Å². The van der Waals surface area contributed by atoms with Crippen LogP contribution in [0.5, 0.6) is 0 Å². The molecule has 0 spiro atoms. The Morgan fingerprint density at radius 1 is 1.53 bits per heavy atom. The molecule has 1 aliphatic rings. The van der Waals surface area contributed by atoms with E-state index < -0.39 is 5.54 Å². The third-order valence-corrected chi connectivity index (χ3v) is 3.34. The van der Waals surface area contributed by atoms with E-state index in [1.165, 1.54) is 0 Å². The van der Waals surface area contributed by atoms with Crippen LogP contribution >= 0.6 is 0 Å². The maximum atomic E-state index is 11.7. The molecule has 0 aliphatic carbocycles. The summed E-state index contributed by atoms with van der Waals surface area (Å²) in [6.45, 7) is 9.58. The number of nitrogens with two attached hydrogens (primary N) is 1. The van der Waals surface area contributed by atoms with E-state index in [9.17, 15) is 4.79 Å². The molecule has 1 fully saturated rings. The van der Waals surface area contributed by atoms with Crippen molar-refractivity contribution in [1.82, 2.24) is 9.80 Å². The first-order valence-corrected chi connectivity index (χ1v) is 6.25. The summed E-state index contributed by atoms with van der Waals surface area (Å²) in [7, 11) is 2.12. The highest BCUT2D eigenvalue weighted by atomic mass is 16.5. The van der Waals surface area contributed by atoms with Crippen LogP contribution in [-0.2, 0) is 9.53 Å². The smallest absolute Gasteiger partial charge is 0.327 e. The van der Waals surface area contributed by atoms with Crippen molar-refractivity contribution in [2.75, 3.05) is 39.8 Å². The lowest BCUT2D eigenvalue weighted by Crippen LogP contribution is -2.59. The fraction of sp³-hybridized carbons (Fsp3) is 0.917. The van der Waals surface area contributed by atoms with E-state index in [1.54, 1.807) is 13.8 Å². The number of hydrogen-bond acceptors (Lipinski definition) is 5. The van der Waals surface area contributed by atoms with Crippen molar-refractivity contribution < 1.29 is 9.53 Å². The largest absolute Gasteiger partial charge is 0.465 e. The molecule has 0 aromatic carbocycles. The third-order valence-electron chi connectivity index (χ3n) is 3.34. The molecule has 1 saturated heterocycles. The highest BCUT2D eigenvalue weighted by Crippen LogP contribution is 2.12. The molecule has 0 amide bonds. The summed E-state index contributed by atoms with van der Waals surface area (Å²) in [6, 6.07) is 0.502. The maximum Gasteiger partial charge on any atom is 0.327 e. The number of hydrogen-bond donors (Lipinski definition) is 1. The van der Waals surface area contributed by atoms with Crippen molar-refractivity contribution in [2.24, 2.45) is 5.73 Å². The molecule has 17 heavy (non-hydrogen) atoms. The summed E-state index contributed by atoms with van der Waals surface area (Å²) in [5, 5.41) is 0. The Morgan fingerprint density at radius 3 is 2.71 bits per heavy atom. The zero-order valence-electron chi connectivity index (χ0n) is 11.4. The summed E-state index contributed by atoms with van der Waals surface area (Å²) < 4.78 is 5.00. The quantitative estimate of drug-likeness (QED) is 0.699. The van der Waals surface area contributed by atoms with Crippen LogP contribution in [0.3, 0.4) is 0 Å². The van der Waals surface area contributed by atoms with Gasteiger partial charge in [-0.3, -0.25) is 9.69 Å². The van der Waals surface area contributed by atoms with Gasteiger partial charge < -0.3 is 15.4 Å². The van der Waals surface area contributed by atoms with Crippen LogP contribution < -0.4 is 5.73 Å². The fourth-order valence-electron chi connectivity index (χ4n) is 2.09. The first-order valence-electron chi connectivity index (χ1n) is 6.25. The molecule has 0 aromatic rings. The summed E-state index contributed by atoms with van der Waals surface area (Å²) in [5.41, 5.74) is 5.12. The van der Waals surface area contributed by atoms with Crippen LogP contribution in [0.25, 0.3) is 0 Å². The normalized spacial score (nSPS) is 26.5. The Kier molecular flexibility index (Phi) is 4.91. The van der Waals surface area contributed by atoms with Gasteiger partial charge in [-0.25, -0.2) is 0 Å². The minimum Gasteiger partial charge on any atom is -0.465 e. The van der Waals surface area contributed by atoms with Crippen LogP contribution in [0.4, 0.5) is 0 Å². The molecular weight excluding hydrogens is 218 g/mol. The molecule has 0 aromatic heterocycles. The Balaban J connectivity index is 2.50. The third kappa shape index (κ3) is 3.94. The Bertz CT molecular complexity index is 268. The number of carbonyl (C=O) groups excluding carboxylic acids is 1. The van der Waals surface area contributed by atoms with Gasteiger partial charge in [0.2, 0.25) is 0 Å². The van der Waals surface area contributed by atoms with Crippen LogP contribution in [0.15, 0.2) is 0 Å². The number of carbonyl (C=O) groups is 1. The van der Waals surface area contributed by atoms with Gasteiger partial charge in [-0.15, -0.1) is 0 Å². The number of piperazine rings is 1. The summed E-state index contributed by atoms with van der Waals surface area (Å²) in [4.78, 5) is 16.3. The van der Waals surface area contributed by atoms with E-state index in [4.69, 9.17) is 10.5 Å². The molecule has 2 atom stereocenters. The predicted octanol–water partition coefficient (Wildman–Crippen LogP) is -0.0972. The lowest BCUT2D eigenvalue weighted by atomic mass is 10.0. The molecule has 1 heterocycles. The van der Waals surface area contributed by atoms with E-state index in [-0.39, 0.29) is 5.97 Å². The van der Waals surface area contributed by atoms with Gasteiger partial charge in [0.05, 0.1) is 6.61 Å². The lowest BCUT2D eigenvalue weighted by Gasteiger charge is -2.40. The first kappa shape index (κ1) is 14.4. The molecular formula is C12H25N3O2. The monoisotopic (exact) mass is 243 g/mol. The second kappa shape index (κ2) is 5.80. The number of rotatable bonds is 4. The van der Waals surface area contributed by atoms with E-state index in [0.29, 0.717) is 19.2 Å². The second-order valence-corrected chi connectivity index (χ2v) is 5.20. The molecule has 1 rings (SSSR count). The zero-order chi connectivity index (χ0) is 13.1. The average Bonchev–Trinajstić information content (AvgIpc) is 2.23. The van der Waals surface area contributed by atoms with Crippen molar-refractivity contribution >= 4 is 5.97 Å². The van der Waals surface area contributed by atoms with Crippen molar-refractivity contribution in [2.45, 2.75) is 32.4 Å². The van der Waals surface area contributed by atoms with Gasteiger partial charge in [-0.1, -0.05) is 0 Å². The number of nitrogens with zero attached hydrogens (tertiary/aromatic N) is 2. The van der Waals surface area contributed by atoms with Crippen molar-refractivity contribution in [1.29, 1.82) is 0 Å². The number of likely N-dealkylation sites (N-methyl/N-ethyl adjacent to an activating group) is 1. The first-order chi connectivity index (χ1) is 7.86. The van der Waals surface area contributed by atoms with Gasteiger partial charge in [0.1, 0.15) is 5.54 Å². The van der Waals surface area contributed by atoms with Crippen molar-refractivity contribution in [3.63, 3.8) is 0 Å². The fourth-order valence-corrected chi connectivity index (χ4v) is 2.09. The van der Waals surface area contributed by atoms with E-state index in [1.807, 2.05) is 0 Å². The number of esters is 1. The standard InChI is InChI=1S/C12H25N3O2/c1-5-17-11(16)12(3,13)9-15-7-6-14(4)10(2)8-15/h10H,5-9,13H2,1-4H3. The second-order valence-electron chi connectivity index (χ2n) is 5.20. The maximum absolute atomic E-state index is 11.7. The number of ether oxygens (including phenoxy) is 1. The van der Waals surface area contributed by atoms with Crippen molar-refractivity contribution in [3.05, 3.63) is 0 Å². The average molecular weight is 243 g/mol. The predicted molar refractivity (Wildman–Crippen MR) is 67.8 cm³/mol. The summed E-state index contributed by atoms with van der Waals surface area (Å²) >= 11 is 0. The van der Waals surface area contributed by atoms with Gasteiger partial charge in [0.15, 0.2) is 0 Å². The van der Waals surface area contributed by atoms with Crippen LogP contribution in [0, 0.1) is 0 Å². The van der Waals surface area contributed by atoms with E-state index in [0.717, 1.165) is 19.6 Å².